The summed E-state index contributed by atoms with van der Waals surface area (Å²) in [4.78, 5) is 7.97. The second-order valence-corrected chi connectivity index (χ2v) is 3.68. The normalized spacial score (nSPS) is 10.8. The number of benzene rings is 1. The maximum atomic E-state index is 12.8. The highest BCUT2D eigenvalue weighted by atomic mass is 19.1. The van der Waals surface area contributed by atoms with Gasteiger partial charge in [-0.2, -0.15) is 4.98 Å². The minimum atomic E-state index is -0.323. The lowest BCUT2D eigenvalue weighted by atomic mass is 10.3. The summed E-state index contributed by atoms with van der Waals surface area (Å²) in [5, 5.41) is 4.41. The van der Waals surface area contributed by atoms with Crippen LogP contribution in [-0.4, -0.2) is 15.1 Å². The van der Waals surface area contributed by atoms with Crippen molar-refractivity contribution in [2.75, 3.05) is 0 Å². The molecule has 0 radical (unpaired) electrons. The van der Waals surface area contributed by atoms with Gasteiger partial charge in [0.1, 0.15) is 23.3 Å². The smallest absolute Gasteiger partial charge is 0.264 e. The summed E-state index contributed by atoms with van der Waals surface area (Å²) in [6.45, 7) is 1.77. The molecule has 0 saturated heterocycles. The number of nitrogens with zero attached hydrogens (tertiary/aromatic N) is 3. The van der Waals surface area contributed by atoms with Gasteiger partial charge >= 0.3 is 0 Å². The summed E-state index contributed by atoms with van der Waals surface area (Å²) in [7, 11) is 0. The van der Waals surface area contributed by atoms with E-state index >= 15 is 0 Å². The van der Waals surface area contributed by atoms with Crippen molar-refractivity contribution in [3.05, 3.63) is 42.1 Å². The molecule has 0 aliphatic rings. The molecule has 0 amide bonds. The molecule has 3 rings (SSSR count). The van der Waals surface area contributed by atoms with Crippen molar-refractivity contribution in [2.24, 2.45) is 0 Å². The Hall–Kier alpha value is -2.50. The highest BCUT2D eigenvalue weighted by Gasteiger charge is 2.13. The van der Waals surface area contributed by atoms with Crippen LogP contribution in [0.4, 0.5) is 4.39 Å². The third-order valence-electron chi connectivity index (χ3n) is 2.44. The monoisotopic (exact) mass is 245 g/mol. The van der Waals surface area contributed by atoms with E-state index < -0.39 is 0 Å². The third-order valence-corrected chi connectivity index (χ3v) is 2.44. The van der Waals surface area contributed by atoms with Crippen LogP contribution in [0.15, 0.2) is 35.1 Å². The fourth-order valence-electron chi connectivity index (χ4n) is 1.58. The molecule has 0 fully saturated rings. The second-order valence-electron chi connectivity index (χ2n) is 3.68. The van der Waals surface area contributed by atoms with Crippen molar-refractivity contribution in [3.8, 4) is 11.6 Å². The highest BCUT2D eigenvalue weighted by molar-refractivity contribution is 5.81. The summed E-state index contributed by atoms with van der Waals surface area (Å²) >= 11 is 0. The highest BCUT2D eigenvalue weighted by Crippen LogP contribution is 2.28. The first-order chi connectivity index (χ1) is 8.74. The van der Waals surface area contributed by atoms with E-state index in [0.29, 0.717) is 28.4 Å². The second kappa shape index (κ2) is 4.06. The topological polar surface area (TPSA) is 61.0 Å². The summed E-state index contributed by atoms with van der Waals surface area (Å²) in [6, 6.07) is 5.67. The molecule has 0 spiro atoms. The van der Waals surface area contributed by atoms with Gasteiger partial charge in [0.2, 0.25) is 5.88 Å². The number of fused-ring (bicyclic) bond motifs is 1. The van der Waals surface area contributed by atoms with Gasteiger partial charge in [-0.1, -0.05) is 5.16 Å². The number of ether oxygens (including phenoxy) is 1. The Morgan fingerprint density at radius 1 is 1.17 bits per heavy atom. The van der Waals surface area contributed by atoms with Crippen LogP contribution in [-0.2, 0) is 0 Å². The van der Waals surface area contributed by atoms with Gasteiger partial charge in [0, 0.05) is 0 Å². The first-order valence-corrected chi connectivity index (χ1v) is 5.24. The van der Waals surface area contributed by atoms with Crippen molar-refractivity contribution >= 4 is 11.1 Å². The molecule has 0 N–H and O–H groups in total. The Labute approximate surface area is 101 Å². The molecule has 0 saturated carbocycles. The minimum Gasteiger partial charge on any atom is -0.438 e. The van der Waals surface area contributed by atoms with Crippen LogP contribution in [0.25, 0.3) is 11.1 Å². The molecule has 5 nitrogen and oxygen atoms in total. The van der Waals surface area contributed by atoms with Crippen LogP contribution < -0.4 is 4.74 Å². The van der Waals surface area contributed by atoms with Crippen molar-refractivity contribution in [2.45, 2.75) is 6.92 Å². The van der Waals surface area contributed by atoms with Gasteiger partial charge in [-0.3, -0.25) is 0 Å². The minimum absolute atomic E-state index is 0.323. The summed E-state index contributed by atoms with van der Waals surface area (Å²) in [5.41, 5.74) is 1.00. The summed E-state index contributed by atoms with van der Waals surface area (Å²) in [5.74, 6) is 0.499. The molecule has 2 heterocycles. The number of hydrogen-bond acceptors (Lipinski definition) is 5. The Bertz CT molecular complexity index is 694. The molecule has 0 atom stereocenters. The zero-order valence-corrected chi connectivity index (χ0v) is 9.42. The number of rotatable bonds is 2. The lowest BCUT2D eigenvalue weighted by molar-refractivity contribution is 0.440. The molecule has 90 valence electrons. The third kappa shape index (κ3) is 1.77. The van der Waals surface area contributed by atoms with Crippen LogP contribution in [0.1, 0.15) is 5.69 Å². The molecule has 0 unspecified atom stereocenters. The maximum Gasteiger partial charge on any atom is 0.264 e. The number of aryl methyl sites for hydroxylation is 1. The van der Waals surface area contributed by atoms with Gasteiger partial charge in [-0.05, 0) is 31.2 Å². The van der Waals surface area contributed by atoms with E-state index in [9.17, 15) is 4.39 Å². The zero-order chi connectivity index (χ0) is 12.5. The average Bonchev–Trinajstić information content (AvgIpc) is 2.75. The van der Waals surface area contributed by atoms with Gasteiger partial charge < -0.3 is 9.26 Å². The lowest BCUT2D eigenvalue weighted by Gasteiger charge is -2.04. The predicted octanol–water partition coefficient (Wildman–Crippen LogP) is 2.86. The van der Waals surface area contributed by atoms with Crippen LogP contribution in [0.2, 0.25) is 0 Å². The fraction of sp³-hybridized carbons (Fsp3) is 0.0833. The molecule has 0 aliphatic heterocycles. The van der Waals surface area contributed by atoms with Crippen LogP contribution in [0.3, 0.4) is 0 Å². The van der Waals surface area contributed by atoms with Gasteiger partial charge in [-0.15, -0.1) is 0 Å². The molecule has 3 aromatic rings. The standard InChI is InChI=1S/C12H8FN3O2/c1-7-10-11(14-6-15-12(10)18-16-7)17-9-4-2-8(13)3-5-9/h2-6H,1H3. The Balaban J connectivity index is 2.04. The largest absolute Gasteiger partial charge is 0.438 e. The van der Waals surface area contributed by atoms with Gasteiger partial charge in [0.15, 0.2) is 0 Å². The fourth-order valence-corrected chi connectivity index (χ4v) is 1.58. The zero-order valence-electron chi connectivity index (χ0n) is 9.42. The number of aromatic nitrogens is 3. The molecular weight excluding hydrogens is 237 g/mol. The van der Waals surface area contributed by atoms with Crippen molar-refractivity contribution < 1.29 is 13.7 Å². The molecule has 2 aromatic heterocycles. The van der Waals surface area contributed by atoms with Crippen LogP contribution in [0, 0.1) is 12.7 Å². The van der Waals surface area contributed by atoms with E-state index in [4.69, 9.17) is 9.26 Å². The van der Waals surface area contributed by atoms with Crippen molar-refractivity contribution in [1.82, 2.24) is 15.1 Å². The SMILES string of the molecule is Cc1noc2ncnc(Oc3ccc(F)cc3)c12. The van der Waals surface area contributed by atoms with E-state index in [1.54, 1.807) is 6.92 Å². The van der Waals surface area contributed by atoms with Crippen molar-refractivity contribution in [3.63, 3.8) is 0 Å². The quantitative estimate of drug-likeness (QED) is 0.694. The van der Waals surface area contributed by atoms with Gasteiger partial charge in [0.05, 0.1) is 5.69 Å². The molecule has 1 aromatic carbocycles. The van der Waals surface area contributed by atoms with E-state index in [1.165, 1.54) is 30.6 Å². The molecule has 0 bridgehead atoms. The van der Waals surface area contributed by atoms with Crippen LogP contribution in [0.5, 0.6) is 11.6 Å². The molecule has 0 aliphatic carbocycles. The summed E-state index contributed by atoms with van der Waals surface area (Å²) < 4.78 is 23.4. The number of hydrogen-bond donors (Lipinski definition) is 0. The summed E-state index contributed by atoms with van der Waals surface area (Å²) in [6.07, 6.45) is 1.33. The molecule has 18 heavy (non-hydrogen) atoms. The first kappa shape index (κ1) is 10.6. The maximum absolute atomic E-state index is 12.8. The Morgan fingerprint density at radius 2 is 1.94 bits per heavy atom. The van der Waals surface area contributed by atoms with Crippen LogP contribution >= 0.6 is 0 Å². The predicted molar refractivity (Wildman–Crippen MR) is 60.8 cm³/mol. The van der Waals surface area contributed by atoms with Crippen molar-refractivity contribution in [1.29, 1.82) is 0 Å². The Kier molecular flexibility index (Phi) is 2.40. The number of halogens is 1. The Morgan fingerprint density at radius 3 is 2.72 bits per heavy atom. The lowest BCUT2D eigenvalue weighted by Crippen LogP contribution is -1.90. The van der Waals surface area contributed by atoms with E-state index in [2.05, 4.69) is 15.1 Å². The van der Waals surface area contributed by atoms with E-state index in [-0.39, 0.29) is 5.82 Å². The van der Waals surface area contributed by atoms with E-state index in [0.717, 1.165) is 0 Å². The van der Waals surface area contributed by atoms with E-state index in [1.807, 2.05) is 0 Å². The van der Waals surface area contributed by atoms with Gasteiger partial charge in [0.25, 0.3) is 5.71 Å². The first-order valence-electron chi connectivity index (χ1n) is 5.24. The average molecular weight is 245 g/mol. The van der Waals surface area contributed by atoms with Gasteiger partial charge in [-0.25, -0.2) is 9.37 Å². The molecule has 6 heteroatoms. The molecular formula is C12H8FN3O2.